The van der Waals surface area contributed by atoms with Crippen LogP contribution in [0.5, 0.6) is 0 Å². The summed E-state index contributed by atoms with van der Waals surface area (Å²) in [5.74, 6) is 0.966. The van der Waals surface area contributed by atoms with E-state index in [0.717, 1.165) is 50.5 Å². The highest BCUT2D eigenvalue weighted by molar-refractivity contribution is 5.95. The van der Waals surface area contributed by atoms with E-state index in [1.165, 1.54) is 18.5 Å². The van der Waals surface area contributed by atoms with E-state index in [2.05, 4.69) is 24.0 Å². The van der Waals surface area contributed by atoms with Crippen LogP contribution >= 0.6 is 0 Å². The normalized spacial score (nSPS) is 20.4. The minimum Gasteiger partial charge on any atom is -0.372 e. The fourth-order valence-corrected chi connectivity index (χ4v) is 3.21. The molecular formula is C17H24N2O. The van der Waals surface area contributed by atoms with Crippen LogP contribution in [0.15, 0.2) is 24.3 Å². The molecule has 20 heavy (non-hydrogen) atoms. The van der Waals surface area contributed by atoms with Gasteiger partial charge >= 0.3 is 0 Å². The van der Waals surface area contributed by atoms with Crippen molar-refractivity contribution < 1.29 is 4.79 Å². The van der Waals surface area contributed by atoms with Crippen molar-refractivity contribution in [2.45, 2.75) is 32.6 Å². The molecule has 2 aliphatic heterocycles. The number of carbonyl (C=O) groups excluding carboxylic acids is 1. The van der Waals surface area contributed by atoms with Crippen LogP contribution in [-0.4, -0.2) is 37.0 Å². The first-order valence-electron chi connectivity index (χ1n) is 7.88. The lowest BCUT2D eigenvalue weighted by Crippen LogP contribution is -2.38. The predicted molar refractivity (Wildman–Crippen MR) is 82.2 cm³/mol. The van der Waals surface area contributed by atoms with Crippen LogP contribution < -0.4 is 4.90 Å². The van der Waals surface area contributed by atoms with E-state index in [0.29, 0.717) is 0 Å². The minimum atomic E-state index is 0.206. The molecule has 2 fully saturated rings. The molecule has 2 heterocycles. The molecule has 0 spiro atoms. The van der Waals surface area contributed by atoms with Crippen molar-refractivity contribution in [1.82, 2.24) is 4.90 Å². The zero-order valence-corrected chi connectivity index (χ0v) is 12.3. The molecule has 1 amide bonds. The summed E-state index contributed by atoms with van der Waals surface area (Å²) < 4.78 is 0. The van der Waals surface area contributed by atoms with E-state index in [9.17, 15) is 4.79 Å². The van der Waals surface area contributed by atoms with E-state index in [1.54, 1.807) is 0 Å². The number of benzene rings is 1. The number of carbonyl (C=O) groups is 1. The average molecular weight is 272 g/mol. The highest BCUT2D eigenvalue weighted by Crippen LogP contribution is 2.23. The number of hydrogen-bond acceptors (Lipinski definition) is 2. The first kappa shape index (κ1) is 13.5. The molecular weight excluding hydrogens is 248 g/mol. The third-order valence-electron chi connectivity index (χ3n) is 4.64. The summed E-state index contributed by atoms with van der Waals surface area (Å²) in [4.78, 5) is 17.0. The summed E-state index contributed by atoms with van der Waals surface area (Å²) in [5.41, 5.74) is 2.06. The van der Waals surface area contributed by atoms with Gasteiger partial charge in [0.15, 0.2) is 0 Å². The minimum absolute atomic E-state index is 0.206. The molecule has 0 aliphatic carbocycles. The molecule has 2 aliphatic rings. The van der Waals surface area contributed by atoms with Crippen LogP contribution in [-0.2, 0) is 0 Å². The topological polar surface area (TPSA) is 23.6 Å². The molecule has 108 valence electrons. The van der Waals surface area contributed by atoms with Gasteiger partial charge in [-0.2, -0.15) is 0 Å². The van der Waals surface area contributed by atoms with Crippen LogP contribution in [0.3, 0.4) is 0 Å². The average Bonchev–Trinajstić information content (AvgIpc) is 3.02. The van der Waals surface area contributed by atoms with E-state index in [1.807, 2.05) is 17.0 Å². The van der Waals surface area contributed by atoms with E-state index < -0.39 is 0 Å². The van der Waals surface area contributed by atoms with Gasteiger partial charge in [-0.15, -0.1) is 0 Å². The molecule has 1 aromatic rings. The largest absolute Gasteiger partial charge is 0.372 e. The quantitative estimate of drug-likeness (QED) is 0.825. The summed E-state index contributed by atoms with van der Waals surface area (Å²) in [5, 5.41) is 0. The summed E-state index contributed by atoms with van der Waals surface area (Å²) in [6.45, 7) is 6.34. The Hall–Kier alpha value is -1.51. The SMILES string of the molecule is CC1CCN(C(=O)c2cccc(N3CCCC3)c2)CC1. The van der Waals surface area contributed by atoms with Crippen LogP contribution in [0.25, 0.3) is 0 Å². The molecule has 0 saturated carbocycles. The Morgan fingerprint density at radius 2 is 1.80 bits per heavy atom. The molecule has 3 nitrogen and oxygen atoms in total. The lowest BCUT2D eigenvalue weighted by Gasteiger charge is -2.30. The number of piperidine rings is 1. The Labute approximate surface area is 121 Å². The molecule has 1 aromatic carbocycles. The first-order chi connectivity index (χ1) is 9.74. The van der Waals surface area contributed by atoms with Crippen LogP contribution in [0.2, 0.25) is 0 Å². The van der Waals surface area contributed by atoms with Crippen LogP contribution in [0.4, 0.5) is 5.69 Å². The zero-order chi connectivity index (χ0) is 13.9. The van der Waals surface area contributed by atoms with Crippen molar-refractivity contribution in [3.05, 3.63) is 29.8 Å². The number of likely N-dealkylation sites (tertiary alicyclic amines) is 1. The molecule has 2 saturated heterocycles. The second-order valence-electron chi connectivity index (χ2n) is 6.22. The molecule has 0 unspecified atom stereocenters. The summed E-state index contributed by atoms with van der Waals surface area (Å²) in [6, 6.07) is 8.18. The first-order valence-corrected chi connectivity index (χ1v) is 7.88. The van der Waals surface area contributed by atoms with Gasteiger partial charge in [-0.25, -0.2) is 0 Å². The number of amides is 1. The Bertz CT molecular complexity index is 472. The fraction of sp³-hybridized carbons (Fsp3) is 0.588. The predicted octanol–water partition coefficient (Wildman–Crippen LogP) is 3.16. The summed E-state index contributed by atoms with van der Waals surface area (Å²) in [6.07, 6.45) is 4.81. The summed E-state index contributed by atoms with van der Waals surface area (Å²) in [7, 11) is 0. The Morgan fingerprint density at radius 1 is 1.10 bits per heavy atom. The fourth-order valence-electron chi connectivity index (χ4n) is 3.21. The van der Waals surface area contributed by atoms with E-state index in [4.69, 9.17) is 0 Å². The van der Waals surface area contributed by atoms with Gasteiger partial charge in [0.1, 0.15) is 0 Å². The van der Waals surface area contributed by atoms with E-state index in [-0.39, 0.29) is 5.91 Å². The van der Waals surface area contributed by atoms with Crippen LogP contribution in [0.1, 0.15) is 43.0 Å². The number of anilines is 1. The third kappa shape index (κ3) is 2.82. The summed E-state index contributed by atoms with van der Waals surface area (Å²) >= 11 is 0. The Kier molecular flexibility index (Phi) is 3.95. The van der Waals surface area contributed by atoms with Gasteiger partial charge in [0.05, 0.1) is 0 Å². The second kappa shape index (κ2) is 5.86. The molecule has 3 rings (SSSR count). The monoisotopic (exact) mass is 272 g/mol. The lowest BCUT2D eigenvalue weighted by atomic mass is 9.98. The third-order valence-corrected chi connectivity index (χ3v) is 4.64. The van der Waals surface area contributed by atoms with Crippen molar-refractivity contribution >= 4 is 11.6 Å². The van der Waals surface area contributed by atoms with Gasteiger partial charge in [-0.05, 0) is 49.8 Å². The highest BCUT2D eigenvalue weighted by atomic mass is 16.2. The second-order valence-corrected chi connectivity index (χ2v) is 6.22. The Balaban J connectivity index is 1.72. The van der Waals surface area contributed by atoms with Gasteiger partial charge in [0.25, 0.3) is 5.91 Å². The van der Waals surface area contributed by atoms with Crippen molar-refractivity contribution in [2.75, 3.05) is 31.1 Å². The van der Waals surface area contributed by atoms with Crippen molar-refractivity contribution in [3.8, 4) is 0 Å². The maximum absolute atomic E-state index is 12.6. The maximum atomic E-state index is 12.6. The molecule has 0 bridgehead atoms. The van der Waals surface area contributed by atoms with Gasteiger partial charge in [0.2, 0.25) is 0 Å². The van der Waals surface area contributed by atoms with Gasteiger partial charge in [0, 0.05) is 37.4 Å². The maximum Gasteiger partial charge on any atom is 0.253 e. The zero-order valence-electron chi connectivity index (χ0n) is 12.3. The Morgan fingerprint density at radius 3 is 2.50 bits per heavy atom. The van der Waals surface area contributed by atoms with Crippen molar-refractivity contribution in [2.24, 2.45) is 5.92 Å². The van der Waals surface area contributed by atoms with Gasteiger partial charge in [-0.3, -0.25) is 4.79 Å². The molecule has 0 atom stereocenters. The van der Waals surface area contributed by atoms with Gasteiger partial charge in [-0.1, -0.05) is 13.0 Å². The van der Waals surface area contributed by atoms with Crippen molar-refractivity contribution in [1.29, 1.82) is 0 Å². The van der Waals surface area contributed by atoms with Crippen molar-refractivity contribution in [3.63, 3.8) is 0 Å². The molecule has 0 radical (unpaired) electrons. The number of hydrogen-bond donors (Lipinski definition) is 0. The molecule has 0 aromatic heterocycles. The highest BCUT2D eigenvalue weighted by Gasteiger charge is 2.22. The van der Waals surface area contributed by atoms with E-state index >= 15 is 0 Å². The molecule has 0 N–H and O–H groups in total. The smallest absolute Gasteiger partial charge is 0.253 e. The van der Waals surface area contributed by atoms with Gasteiger partial charge < -0.3 is 9.80 Å². The molecule has 3 heteroatoms. The van der Waals surface area contributed by atoms with Crippen LogP contribution in [0, 0.1) is 5.92 Å². The lowest BCUT2D eigenvalue weighted by molar-refractivity contribution is 0.0697. The number of rotatable bonds is 2. The standard InChI is InChI=1S/C17H24N2O/c1-14-7-11-19(12-8-14)17(20)15-5-4-6-16(13-15)18-9-2-3-10-18/h4-6,13-14H,2-3,7-12H2,1H3. The number of nitrogens with zero attached hydrogens (tertiary/aromatic N) is 2.